The van der Waals surface area contributed by atoms with Crippen molar-refractivity contribution >= 4 is 5.91 Å². The normalized spacial score (nSPS) is 17.0. The maximum atomic E-state index is 11.5. The minimum absolute atomic E-state index is 0.0147. The number of hydrogen-bond donors (Lipinski definition) is 0. The van der Waals surface area contributed by atoms with Crippen LogP contribution in [0.2, 0.25) is 0 Å². The number of nitrogens with zero attached hydrogens (tertiary/aromatic N) is 1. The second-order valence-corrected chi connectivity index (χ2v) is 3.12. The Bertz CT molecular complexity index is 219. The van der Waals surface area contributed by atoms with Crippen molar-refractivity contribution in [2.45, 2.75) is 39.5 Å². The summed E-state index contributed by atoms with van der Waals surface area (Å²) in [4.78, 5) is 16.3. The lowest BCUT2D eigenvalue weighted by Crippen LogP contribution is -2.26. The van der Waals surface area contributed by atoms with Crippen molar-refractivity contribution in [3.05, 3.63) is 0 Å². The maximum absolute atomic E-state index is 11.5. The maximum Gasteiger partial charge on any atom is 0.246 e. The van der Waals surface area contributed by atoms with E-state index in [9.17, 15) is 4.79 Å². The smallest absolute Gasteiger partial charge is 0.246 e. The molecular weight excluding hydrogens is 166 g/mol. The lowest BCUT2D eigenvalue weighted by atomic mass is 10.0. The summed E-state index contributed by atoms with van der Waals surface area (Å²) in [6, 6.07) is 0. The second kappa shape index (κ2) is 6.89. The quantitative estimate of drug-likeness (QED) is 0.601. The Morgan fingerprint density at radius 1 is 1.69 bits per heavy atom. The van der Waals surface area contributed by atoms with Crippen LogP contribution in [0, 0.1) is 5.92 Å². The molecular formula is C10H21NO2. The van der Waals surface area contributed by atoms with Gasteiger partial charge in [-0.3, -0.25) is 9.63 Å². The summed E-state index contributed by atoms with van der Waals surface area (Å²) >= 11 is 0. The molecule has 3 heteroatoms. The zero-order valence-electron chi connectivity index (χ0n) is 11.7. The van der Waals surface area contributed by atoms with E-state index in [0.29, 0.717) is 6.42 Å². The van der Waals surface area contributed by atoms with Crippen LogP contribution in [0.15, 0.2) is 0 Å². The van der Waals surface area contributed by atoms with Crippen LogP contribution in [-0.4, -0.2) is 25.1 Å². The Hall–Kier alpha value is -0.570. The van der Waals surface area contributed by atoms with Gasteiger partial charge in [0.05, 0.1) is 7.11 Å². The summed E-state index contributed by atoms with van der Waals surface area (Å²) in [5.41, 5.74) is 0. The molecule has 78 valence electrons. The summed E-state index contributed by atoms with van der Waals surface area (Å²) in [7, 11) is 2.87. The van der Waals surface area contributed by atoms with Gasteiger partial charge in [-0.1, -0.05) is 33.0 Å². The first-order chi connectivity index (χ1) is 7.32. The summed E-state index contributed by atoms with van der Waals surface area (Å²) < 4.78 is 22.1. The lowest BCUT2D eigenvalue weighted by Gasteiger charge is -2.16. The summed E-state index contributed by atoms with van der Waals surface area (Å²) in [5.74, 6) is -0.864. The average molecular weight is 190 g/mol. The number of hydrogen-bond acceptors (Lipinski definition) is 2. The number of carbonyl (C=O) groups is 1. The number of hydroxylamine groups is 2. The number of amides is 1. The van der Waals surface area contributed by atoms with Crippen LogP contribution >= 0.6 is 0 Å². The Morgan fingerprint density at radius 2 is 2.38 bits per heavy atom. The molecule has 0 aliphatic carbocycles. The molecule has 13 heavy (non-hydrogen) atoms. The van der Waals surface area contributed by atoms with Gasteiger partial charge in [-0.2, -0.15) is 0 Å². The minimum atomic E-state index is -2.07. The van der Waals surface area contributed by atoms with E-state index in [1.165, 1.54) is 14.2 Å². The summed E-state index contributed by atoms with van der Waals surface area (Å²) in [6.45, 7) is -0.0703. The number of rotatable bonds is 6. The third kappa shape index (κ3) is 5.64. The standard InChI is InChI=1S/C10H21NO2/c1-5-6-7-9(2)8-10(12)11(3)13-4/h9H,5-8H2,1-4H3/t9-/m0/s1/i2D3. The molecule has 0 heterocycles. The van der Waals surface area contributed by atoms with E-state index in [-0.39, 0.29) is 12.3 Å². The van der Waals surface area contributed by atoms with Gasteiger partial charge >= 0.3 is 0 Å². The molecule has 0 fully saturated rings. The van der Waals surface area contributed by atoms with Gasteiger partial charge in [0.2, 0.25) is 5.91 Å². The topological polar surface area (TPSA) is 29.5 Å². The van der Waals surface area contributed by atoms with Crippen molar-refractivity contribution in [1.29, 1.82) is 0 Å². The summed E-state index contributed by atoms with van der Waals surface area (Å²) in [6.07, 6.45) is 2.32. The molecule has 0 aliphatic rings. The van der Waals surface area contributed by atoms with Crippen molar-refractivity contribution in [3.8, 4) is 0 Å². The van der Waals surface area contributed by atoms with E-state index >= 15 is 0 Å². The van der Waals surface area contributed by atoms with E-state index in [2.05, 4.69) is 0 Å². The zero-order valence-corrected chi connectivity index (χ0v) is 8.67. The highest BCUT2D eigenvalue weighted by Gasteiger charge is 2.12. The first-order valence-electron chi connectivity index (χ1n) is 6.13. The molecule has 0 bridgehead atoms. The lowest BCUT2D eigenvalue weighted by molar-refractivity contribution is -0.169. The fraction of sp³-hybridized carbons (Fsp3) is 0.900. The molecule has 0 rings (SSSR count). The molecule has 0 saturated carbocycles. The predicted octanol–water partition coefficient (Wildman–Crippen LogP) is 2.22. The highest BCUT2D eigenvalue weighted by atomic mass is 16.7. The molecule has 0 aromatic heterocycles. The molecule has 0 aliphatic heterocycles. The van der Waals surface area contributed by atoms with Gasteiger partial charge in [0, 0.05) is 17.6 Å². The van der Waals surface area contributed by atoms with Crippen molar-refractivity contribution in [3.63, 3.8) is 0 Å². The Labute approximate surface area is 85.2 Å². The van der Waals surface area contributed by atoms with Crippen LogP contribution in [0.4, 0.5) is 0 Å². The van der Waals surface area contributed by atoms with E-state index < -0.39 is 12.8 Å². The first kappa shape index (κ1) is 7.80. The molecule has 0 aromatic carbocycles. The second-order valence-electron chi connectivity index (χ2n) is 3.12. The molecule has 1 amide bonds. The van der Waals surface area contributed by atoms with Crippen LogP contribution < -0.4 is 0 Å². The number of unbranched alkanes of at least 4 members (excludes halogenated alkanes) is 1. The van der Waals surface area contributed by atoms with Crippen LogP contribution in [0.5, 0.6) is 0 Å². The highest BCUT2D eigenvalue weighted by Crippen LogP contribution is 2.12. The zero-order chi connectivity index (χ0) is 12.8. The van der Waals surface area contributed by atoms with E-state index in [0.717, 1.165) is 17.9 Å². The van der Waals surface area contributed by atoms with Gasteiger partial charge in [-0.25, -0.2) is 5.06 Å². The Kier molecular flexibility index (Phi) is 4.14. The SMILES string of the molecule is [2H]C([2H])([2H])[C@@H](CCCC)CC(=O)N(C)OC. The molecule has 0 spiro atoms. The van der Waals surface area contributed by atoms with Gasteiger partial charge < -0.3 is 0 Å². The monoisotopic (exact) mass is 190 g/mol. The molecule has 0 unspecified atom stereocenters. The largest absolute Gasteiger partial charge is 0.275 e. The summed E-state index contributed by atoms with van der Waals surface area (Å²) in [5, 5.41) is 1.07. The van der Waals surface area contributed by atoms with Gasteiger partial charge in [-0.05, 0) is 5.92 Å². The fourth-order valence-corrected chi connectivity index (χ4v) is 0.994. The fourth-order valence-electron chi connectivity index (χ4n) is 0.994. The minimum Gasteiger partial charge on any atom is -0.275 e. The van der Waals surface area contributed by atoms with Gasteiger partial charge in [0.15, 0.2) is 0 Å². The number of carbonyl (C=O) groups excluding carboxylic acids is 1. The predicted molar refractivity (Wildman–Crippen MR) is 53.1 cm³/mol. The van der Waals surface area contributed by atoms with Crippen LogP contribution in [0.1, 0.15) is 43.6 Å². The molecule has 0 radical (unpaired) electrons. The first-order valence-corrected chi connectivity index (χ1v) is 4.63. The molecule has 0 aromatic rings. The third-order valence-electron chi connectivity index (χ3n) is 1.95. The van der Waals surface area contributed by atoms with Crippen LogP contribution in [0.3, 0.4) is 0 Å². The Balaban J connectivity index is 4.37. The van der Waals surface area contributed by atoms with Gasteiger partial charge in [0.1, 0.15) is 0 Å². The molecule has 1 atom stereocenters. The van der Waals surface area contributed by atoms with Crippen molar-refractivity contribution in [2.24, 2.45) is 5.92 Å². The van der Waals surface area contributed by atoms with Gasteiger partial charge in [-0.15, -0.1) is 0 Å². The van der Waals surface area contributed by atoms with E-state index in [1.54, 1.807) is 0 Å². The van der Waals surface area contributed by atoms with Crippen molar-refractivity contribution in [1.82, 2.24) is 5.06 Å². The molecule has 3 nitrogen and oxygen atoms in total. The third-order valence-corrected chi connectivity index (χ3v) is 1.95. The highest BCUT2D eigenvalue weighted by molar-refractivity contribution is 5.74. The van der Waals surface area contributed by atoms with Gasteiger partial charge in [0.25, 0.3) is 0 Å². The average Bonchev–Trinajstić information content (AvgIpc) is 2.20. The molecule has 0 saturated heterocycles. The molecule has 0 N–H and O–H groups in total. The van der Waals surface area contributed by atoms with Crippen molar-refractivity contribution < 1.29 is 13.7 Å². The Morgan fingerprint density at radius 3 is 2.85 bits per heavy atom. The van der Waals surface area contributed by atoms with E-state index in [1.807, 2.05) is 6.92 Å². The van der Waals surface area contributed by atoms with Crippen LogP contribution in [-0.2, 0) is 9.63 Å². The van der Waals surface area contributed by atoms with E-state index in [4.69, 9.17) is 8.95 Å². The van der Waals surface area contributed by atoms with Crippen LogP contribution in [0.25, 0.3) is 0 Å². The van der Waals surface area contributed by atoms with Crippen molar-refractivity contribution in [2.75, 3.05) is 14.2 Å².